The lowest BCUT2D eigenvalue weighted by Crippen LogP contribution is -2.26. The zero-order chi connectivity index (χ0) is 14.5. The summed E-state index contributed by atoms with van der Waals surface area (Å²) in [6.45, 7) is 2.99. The van der Waals surface area contributed by atoms with Gasteiger partial charge in [0.2, 0.25) is 0 Å². The van der Waals surface area contributed by atoms with Crippen LogP contribution in [0.4, 0.5) is 0 Å². The Morgan fingerprint density at radius 3 is 2.33 bits per heavy atom. The first kappa shape index (κ1) is 14.2. The van der Waals surface area contributed by atoms with Gasteiger partial charge in [0.1, 0.15) is 0 Å². The molecule has 0 atom stereocenters. The Kier molecular flexibility index (Phi) is 4.60. The van der Waals surface area contributed by atoms with Crippen LogP contribution in [0.3, 0.4) is 0 Å². The summed E-state index contributed by atoms with van der Waals surface area (Å²) in [4.78, 5) is 2.43. The van der Waals surface area contributed by atoms with Gasteiger partial charge in [0.25, 0.3) is 0 Å². The molecule has 0 amide bonds. The summed E-state index contributed by atoms with van der Waals surface area (Å²) in [5.74, 6) is 6.47. The quantitative estimate of drug-likeness (QED) is 0.724. The fourth-order valence-electron chi connectivity index (χ4n) is 2.69. The second kappa shape index (κ2) is 6.80. The maximum atomic E-state index is 5.97. The van der Waals surface area contributed by atoms with Crippen molar-refractivity contribution < 1.29 is 0 Å². The highest BCUT2D eigenvalue weighted by molar-refractivity contribution is 6.30. The van der Waals surface area contributed by atoms with Crippen molar-refractivity contribution in [1.82, 2.24) is 4.90 Å². The molecule has 21 heavy (non-hydrogen) atoms. The molecule has 2 heteroatoms. The molecule has 0 fully saturated rings. The van der Waals surface area contributed by atoms with Crippen LogP contribution in [0.1, 0.15) is 16.7 Å². The SMILES string of the molecule is Clc1cccc(C#CCN2CCc3ccccc3CC2)c1. The summed E-state index contributed by atoms with van der Waals surface area (Å²) in [5.41, 5.74) is 3.96. The third-order valence-corrected chi connectivity index (χ3v) is 4.11. The summed E-state index contributed by atoms with van der Waals surface area (Å²) in [6, 6.07) is 16.5. The van der Waals surface area contributed by atoms with Gasteiger partial charge in [0.05, 0.1) is 6.54 Å². The molecular weight excluding hydrogens is 278 g/mol. The van der Waals surface area contributed by atoms with Crippen LogP contribution < -0.4 is 0 Å². The molecule has 0 saturated heterocycles. The molecule has 0 saturated carbocycles. The van der Waals surface area contributed by atoms with Gasteiger partial charge < -0.3 is 0 Å². The maximum absolute atomic E-state index is 5.97. The Bertz CT molecular complexity index is 654. The van der Waals surface area contributed by atoms with Gasteiger partial charge >= 0.3 is 0 Å². The Balaban J connectivity index is 1.61. The van der Waals surface area contributed by atoms with E-state index in [-0.39, 0.29) is 0 Å². The van der Waals surface area contributed by atoms with Gasteiger partial charge in [0, 0.05) is 23.7 Å². The van der Waals surface area contributed by atoms with E-state index in [9.17, 15) is 0 Å². The van der Waals surface area contributed by atoms with E-state index in [0.717, 1.165) is 43.1 Å². The lowest BCUT2D eigenvalue weighted by molar-refractivity contribution is 0.323. The smallest absolute Gasteiger partial charge is 0.0605 e. The Hall–Kier alpha value is -1.75. The van der Waals surface area contributed by atoms with Crippen LogP contribution in [0.15, 0.2) is 48.5 Å². The predicted molar refractivity (Wildman–Crippen MR) is 88.6 cm³/mol. The molecule has 1 aliphatic rings. The molecule has 0 unspecified atom stereocenters. The summed E-state index contributed by atoms with van der Waals surface area (Å²) in [5, 5.41) is 0.743. The Morgan fingerprint density at radius 1 is 0.952 bits per heavy atom. The molecule has 106 valence electrons. The second-order valence-corrected chi connectivity index (χ2v) is 5.79. The zero-order valence-corrected chi connectivity index (χ0v) is 12.7. The molecule has 1 nitrogen and oxygen atoms in total. The van der Waals surface area contributed by atoms with Crippen molar-refractivity contribution >= 4 is 11.6 Å². The number of nitrogens with zero attached hydrogens (tertiary/aromatic N) is 1. The van der Waals surface area contributed by atoms with Crippen LogP contribution in [0, 0.1) is 11.8 Å². The third-order valence-electron chi connectivity index (χ3n) is 3.87. The van der Waals surface area contributed by atoms with Crippen LogP contribution in [-0.4, -0.2) is 24.5 Å². The van der Waals surface area contributed by atoms with Crippen LogP contribution in [0.2, 0.25) is 5.02 Å². The highest BCUT2D eigenvalue weighted by Crippen LogP contribution is 2.15. The molecule has 0 aromatic heterocycles. The van der Waals surface area contributed by atoms with Crippen molar-refractivity contribution in [2.75, 3.05) is 19.6 Å². The number of halogens is 1. The molecule has 3 rings (SSSR count). The van der Waals surface area contributed by atoms with Crippen molar-refractivity contribution in [1.29, 1.82) is 0 Å². The molecule has 1 heterocycles. The van der Waals surface area contributed by atoms with E-state index in [1.807, 2.05) is 24.3 Å². The minimum Gasteiger partial charge on any atom is -0.292 e. The van der Waals surface area contributed by atoms with Crippen LogP contribution in [0.25, 0.3) is 0 Å². The first-order valence-corrected chi connectivity index (χ1v) is 7.73. The number of hydrogen-bond donors (Lipinski definition) is 0. The number of benzene rings is 2. The first-order valence-electron chi connectivity index (χ1n) is 7.35. The molecule has 2 aromatic carbocycles. The summed E-state index contributed by atoms with van der Waals surface area (Å²) in [7, 11) is 0. The lowest BCUT2D eigenvalue weighted by Gasteiger charge is -2.15. The Labute approximate surface area is 131 Å². The minimum absolute atomic E-state index is 0.743. The minimum atomic E-state index is 0.743. The van der Waals surface area contributed by atoms with Crippen molar-refractivity contribution in [2.45, 2.75) is 12.8 Å². The van der Waals surface area contributed by atoms with E-state index in [4.69, 9.17) is 11.6 Å². The van der Waals surface area contributed by atoms with Crippen molar-refractivity contribution in [3.63, 3.8) is 0 Å². The highest BCUT2D eigenvalue weighted by Gasteiger charge is 2.11. The number of hydrogen-bond acceptors (Lipinski definition) is 1. The van der Waals surface area contributed by atoms with Gasteiger partial charge in [0.15, 0.2) is 0 Å². The molecule has 2 aromatic rings. The standard InChI is InChI=1S/C19H18ClN/c20-19-9-3-5-16(15-19)6-4-12-21-13-10-17-7-1-2-8-18(17)11-14-21/h1-3,5,7-9,15H,10-14H2. The average Bonchev–Trinajstić information content (AvgIpc) is 2.70. The summed E-state index contributed by atoms with van der Waals surface area (Å²) in [6.07, 6.45) is 2.24. The zero-order valence-electron chi connectivity index (χ0n) is 12.0. The molecule has 0 radical (unpaired) electrons. The summed E-state index contributed by atoms with van der Waals surface area (Å²) >= 11 is 5.97. The van der Waals surface area contributed by atoms with Gasteiger partial charge in [-0.05, 0) is 42.2 Å². The first-order chi connectivity index (χ1) is 10.3. The molecule has 1 aliphatic heterocycles. The topological polar surface area (TPSA) is 3.24 Å². The lowest BCUT2D eigenvalue weighted by atomic mass is 10.0. The second-order valence-electron chi connectivity index (χ2n) is 5.36. The van der Waals surface area contributed by atoms with Crippen molar-refractivity contribution in [2.24, 2.45) is 0 Å². The van der Waals surface area contributed by atoms with Crippen molar-refractivity contribution in [3.8, 4) is 11.8 Å². The van der Waals surface area contributed by atoms with Gasteiger partial charge in [-0.25, -0.2) is 0 Å². The number of rotatable bonds is 1. The molecule has 0 aliphatic carbocycles. The van der Waals surface area contributed by atoms with Crippen LogP contribution in [-0.2, 0) is 12.8 Å². The monoisotopic (exact) mass is 295 g/mol. The van der Waals surface area contributed by atoms with Crippen molar-refractivity contribution in [3.05, 3.63) is 70.2 Å². The maximum Gasteiger partial charge on any atom is 0.0605 e. The molecule has 0 spiro atoms. The number of fused-ring (bicyclic) bond motifs is 1. The van der Waals surface area contributed by atoms with Crippen LogP contribution in [0.5, 0.6) is 0 Å². The largest absolute Gasteiger partial charge is 0.292 e. The predicted octanol–water partition coefficient (Wildman–Crippen LogP) is 3.79. The van der Waals surface area contributed by atoms with E-state index < -0.39 is 0 Å². The van der Waals surface area contributed by atoms with E-state index in [0.29, 0.717) is 0 Å². The Morgan fingerprint density at radius 2 is 1.67 bits per heavy atom. The van der Waals surface area contributed by atoms with Gasteiger partial charge in [-0.15, -0.1) is 0 Å². The average molecular weight is 296 g/mol. The van der Waals surface area contributed by atoms with Crippen LogP contribution >= 0.6 is 11.6 Å². The molecule has 0 bridgehead atoms. The van der Waals surface area contributed by atoms with E-state index in [1.54, 1.807) is 0 Å². The highest BCUT2D eigenvalue weighted by atomic mass is 35.5. The third kappa shape index (κ3) is 3.88. The van der Waals surface area contributed by atoms with E-state index in [1.165, 1.54) is 11.1 Å². The van der Waals surface area contributed by atoms with E-state index >= 15 is 0 Å². The van der Waals surface area contributed by atoms with Gasteiger partial charge in [-0.1, -0.05) is 53.8 Å². The van der Waals surface area contributed by atoms with E-state index in [2.05, 4.69) is 41.0 Å². The molecular formula is C19H18ClN. The fourth-order valence-corrected chi connectivity index (χ4v) is 2.88. The summed E-state index contributed by atoms with van der Waals surface area (Å²) < 4.78 is 0. The normalized spacial score (nSPS) is 14.7. The van der Waals surface area contributed by atoms with Gasteiger partial charge in [-0.2, -0.15) is 0 Å². The molecule has 0 N–H and O–H groups in total. The fraction of sp³-hybridized carbons (Fsp3) is 0.263. The van der Waals surface area contributed by atoms with Gasteiger partial charge in [-0.3, -0.25) is 4.90 Å².